The van der Waals surface area contributed by atoms with Crippen LogP contribution in [0.2, 0.25) is 10.0 Å². The fourth-order valence-corrected chi connectivity index (χ4v) is 2.40. The first-order valence-corrected chi connectivity index (χ1v) is 6.16. The molecule has 0 bridgehead atoms. The van der Waals surface area contributed by atoms with E-state index in [0.29, 0.717) is 29.9 Å². The molecule has 2 unspecified atom stereocenters. The van der Waals surface area contributed by atoms with Gasteiger partial charge in [-0.05, 0) is 23.8 Å². The fourth-order valence-electron chi connectivity index (χ4n) is 1.60. The molecule has 0 spiro atoms. The summed E-state index contributed by atoms with van der Waals surface area (Å²) in [5.74, 6) is 0. The molecule has 0 amide bonds. The monoisotopic (exact) mass is 280 g/mol. The van der Waals surface area contributed by atoms with Gasteiger partial charge in [-0.3, -0.25) is 0 Å². The van der Waals surface area contributed by atoms with Gasteiger partial charge in [-0.15, -0.1) is 11.6 Å². The van der Waals surface area contributed by atoms with E-state index in [2.05, 4.69) is 0 Å². The molecule has 88 valence electrons. The Morgan fingerprint density at radius 3 is 2.75 bits per heavy atom. The van der Waals surface area contributed by atoms with Gasteiger partial charge in [-0.2, -0.15) is 0 Å². The van der Waals surface area contributed by atoms with Gasteiger partial charge in [0.25, 0.3) is 0 Å². The average molecular weight is 282 g/mol. The molecule has 0 aliphatic carbocycles. The molecule has 1 fully saturated rings. The minimum Gasteiger partial charge on any atom is -0.376 e. The summed E-state index contributed by atoms with van der Waals surface area (Å²) in [4.78, 5) is 0. The van der Waals surface area contributed by atoms with Crippen LogP contribution in [0.1, 0.15) is 10.9 Å². The molecule has 1 saturated heterocycles. The van der Waals surface area contributed by atoms with Gasteiger partial charge in [0.2, 0.25) is 0 Å². The fraction of sp³-hybridized carbons (Fsp3) is 0.455. The van der Waals surface area contributed by atoms with Crippen molar-refractivity contribution < 1.29 is 9.47 Å². The van der Waals surface area contributed by atoms with Gasteiger partial charge in [0.05, 0.1) is 25.2 Å². The zero-order valence-electron chi connectivity index (χ0n) is 8.46. The lowest BCUT2D eigenvalue weighted by Gasteiger charge is -2.27. The molecule has 1 aromatic carbocycles. The number of hydrogen-bond acceptors (Lipinski definition) is 2. The highest BCUT2D eigenvalue weighted by Crippen LogP contribution is 2.34. The van der Waals surface area contributed by atoms with Crippen LogP contribution < -0.4 is 0 Å². The van der Waals surface area contributed by atoms with Crippen molar-refractivity contribution in [3.8, 4) is 0 Å². The van der Waals surface area contributed by atoms with E-state index in [1.165, 1.54) is 0 Å². The molecule has 16 heavy (non-hydrogen) atoms. The first kappa shape index (κ1) is 12.5. The summed E-state index contributed by atoms with van der Waals surface area (Å²) in [5.41, 5.74) is 0.784. The van der Waals surface area contributed by atoms with Crippen molar-refractivity contribution >= 4 is 34.8 Å². The summed E-state index contributed by atoms with van der Waals surface area (Å²) in [6, 6.07) is 5.23. The van der Waals surface area contributed by atoms with Crippen LogP contribution >= 0.6 is 34.8 Å². The number of alkyl halides is 1. The second-order valence-corrected chi connectivity index (χ2v) is 4.87. The average Bonchev–Trinajstić information content (AvgIpc) is 2.32. The largest absolute Gasteiger partial charge is 0.376 e. The van der Waals surface area contributed by atoms with E-state index in [-0.39, 0.29) is 11.5 Å². The van der Waals surface area contributed by atoms with Crippen LogP contribution in [0, 0.1) is 0 Å². The third kappa shape index (κ3) is 2.82. The molecule has 0 radical (unpaired) electrons. The third-order valence-corrected chi connectivity index (χ3v) is 3.52. The number of hydrogen-bond donors (Lipinski definition) is 0. The van der Waals surface area contributed by atoms with Gasteiger partial charge in [0, 0.05) is 10.0 Å². The molecule has 0 aromatic heterocycles. The summed E-state index contributed by atoms with van der Waals surface area (Å²) >= 11 is 18.3. The van der Waals surface area contributed by atoms with Crippen molar-refractivity contribution in [3.63, 3.8) is 0 Å². The van der Waals surface area contributed by atoms with E-state index in [0.717, 1.165) is 5.56 Å². The lowest BCUT2D eigenvalue weighted by atomic mass is 10.1. The zero-order chi connectivity index (χ0) is 11.5. The number of rotatable bonds is 2. The Balaban J connectivity index is 2.18. The van der Waals surface area contributed by atoms with Crippen LogP contribution in [0.4, 0.5) is 0 Å². The quantitative estimate of drug-likeness (QED) is 0.770. The van der Waals surface area contributed by atoms with Gasteiger partial charge in [-0.1, -0.05) is 23.2 Å². The summed E-state index contributed by atoms with van der Waals surface area (Å²) < 4.78 is 10.8. The Labute approximate surface area is 109 Å². The highest BCUT2D eigenvalue weighted by atomic mass is 35.5. The summed E-state index contributed by atoms with van der Waals surface area (Å²) in [6.07, 6.45) is -0.175. The van der Waals surface area contributed by atoms with Crippen LogP contribution in [0.5, 0.6) is 0 Å². The van der Waals surface area contributed by atoms with Gasteiger partial charge < -0.3 is 9.47 Å². The molecular weight excluding hydrogens is 270 g/mol. The standard InChI is InChI=1S/C11H11Cl3O2/c12-7-1-2-9(13)8(5-7)11(14)10-6-15-3-4-16-10/h1-2,5,10-11H,3-4,6H2. The number of halogens is 3. The van der Waals surface area contributed by atoms with E-state index in [4.69, 9.17) is 44.3 Å². The third-order valence-electron chi connectivity index (χ3n) is 2.42. The van der Waals surface area contributed by atoms with E-state index in [9.17, 15) is 0 Å². The first-order chi connectivity index (χ1) is 7.68. The molecule has 2 atom stereocenters. The van der Waals surface area contributed by atoms with E-state index in [1.54, 1.807) is 18.2 Å². The van der Waals surface area contributed by atoms with Crippen LogP contribution in [-0.2, 0) is 9.47 Å². The summed E-state index contributed by atoms with van der Waals surface area (Å²) in [5, 5.41) is 0.867. The van der Waals surface area contributed by atoms with Crippen molar-refractivity contribution in [2.24, 2.45) is 0 Å². The normalized spacial score (nSPS) is 23.1. The van der Waals surface area contributed by atoms with Crippen LogP contribution in [-0.4, -0.2) is 25.9 Å². The topological polar surface area (TPSA) is 18.5 Å². The van der Waals surface area contributed by atoms with E-state index >= 15 is 0 Å². The molecule has 2 nitrogen and oxygen atoms in total. The Hall–Kier alpha value is 0.01000. The maximum Gasteiger partial charge on any atom is 0.101 e. The maximum atomic E-state index is 6.31. The van der Waals surface area contributed by atoms with Gasteiger partial charge in [0.15, 0.2) is 0 Å². The number of ether oxygens (including phenoxy) is 2. The maximum absolute atomic E-state index is 6.31. The van der Waals surface area contributed by atoms with Crippen molar-refractivity contribution in [3.05, 3.63) is 33.8 Å². The van der Waals surface area contributed by atoms with Crippen LogP contribution in [0.3, 0.4) is 0 Å². The summed E-state index contributed by atoms with van der Waals surface area (Å²) in [6.45, 7) is 1.66. The SMILES string of the molecule is Clc1ccc(Cl)c(C(Cl)C2COCCO2)c1. The molecule has 0 N–H and O–H groups in total. The smallest absolute Gasteiger partial charge is 0.101 e. The minimum atomic E-state index is -0.341. The Bertz CT molecular complexity index is 364. The molecular formula is C11H11Cl3O2. The molecule has 1 aliphatic rings. The first-order valence-electron chi connectivity index (χ1n) is 4.97. The van der Waals surface area contributed by atoms with E-state index in [1.807, 2.05) is 0 Å². The predicted octanol–water partition coefficient (Wildman–Crippen LogP) is 3.69. The molecule has 1 aromatic rings. The minimum absolute atomic E-state index is 0.175. The van der Waals surface area contributed by atoms with Gasteiger partial charge >= 0.3 is 0 Å². The lowest BCUT2D eigenvalue weighted by molar-refractivity contribution is -0.0892. The molecule has 5 heteroatoms. The molecule has 1 aliphatic heterocycles. The van der Waals surface area contributed by atoms with Crippen molar-refractivity contribution in [2.45, 2.75) is 11.5 Å². The van der Waals surface area contributed by atoms with Crippen molar-refractivity contribution in [2.75, 3.05) is 19.8 Å². The van der Waals surface area contributed by atoms with Crippen molar-refractivity contribution in [1.29, 1.82) is 0 Å². The van der Waals surface area contributed by atoms with Crippen LogP contribution in [0.25, 0.3) is 0 Å². The molecule has 1 heterocycles. The highest BCUT2D eigenvalue weighted by molar-refractivity contribution is 6.34. The Morgan fingerprint density at radius 2 is 2.06 bits per heavy atom. The second-order valence-electron chi connectivity index (χ2n) is 3.55. The van der Waals surface area contributed by atoms with Crippen LogP contribution in [0.15, 0.2) is 18.2 Å². The Kier molecular flexibility index (Phi) is 4.34. The van der Waals surface area contributed by atoms with Gasteiger partial charge in [-0.25, -0.2) is 0 Å². The zero-order valence-corrected chi connectivity index (χ0v) is 10.7. The predicted molar refractivity (Wildman–Crippen MR) is 65.6 cm³/mol. The molecule has 2 rings (SSSR count). The summed E-state index contributed by atoms with van der Waals surface area (Å²) in [7, 11) is 0. The lowest BCUT2D eigenvalue weighted by Crippen LogP contribution is -2.32. The van der Waals surface area contributed by atoms with Crippen molar-refractivity contribution in [1.82, 2.24) is 0 Å². The Morgan fingerprint density at radius 1 is 1.25 bits per heavy atom. The second kappa shape index (κ2) is 5.56. The number of benzene rings is 1. The molecule has 0 saturated carbocycles. The van der Waals surface area contributed by atoms with E-state index < -0.39 is 0 Å². The highest BCUT2D eigenvalue weighted by Gasteiger charge is 2.26. The van der Waals surface area contributed by atoms with Gasteiger partial charge in [0.1, 0.15) is 6.10 Å².